The highest BCUT2D eigenvalue weighted by molar-refractivity contribution is 6.31. The number of likely N-dealkylation sites (tertiary alicyclic amines) is 1. The average Bonchev–Trinajstić information content (AvgIpc) is 3.43. The summed E-state index contributed by atoms with van der Waals surface area (Å²) in [5.41, 5.74) is 6.64. The monoisotopic (exact) mass is 435 g/mol. The van der Waals surface area contributed by atoms with Crippen LogP contribution in [0.5, 0.6) is 0 Å². The topological polar surface area (TPSA) is 84.5 Å². The predicted octanol–water partition coefficient (Wildman–Crippen LogP) is 3.71. The summed E-state index contributed by atoms with van der Waals surface area (Å²) in [6, 6.07) is 0.312. The number of hydrogen-bond acceptors (Lipinski definition) is 4. The van der Waals surface area contributed by atoms with Gasteiger partial charge in [0, 0.05) is 36.9 Å². The Kier molecular flexibility index (Phi) is 8.67. The van der Waals surface area contributed by atoms with Gasteiger partial charge in [0.2, 0.25) is 0 Å². The van der Waals surface area contributed by atoms with E-state index in [1.54, 1.807) is 0 Å². The van der Waals surface area contributed by atoms with Gasteiger partial charge < -0.3 is 10.6 Å². The number of aromatic nitrogens is 2. The third kappa shape index (κ3) is 5.52. The van der Waals surface area contributed by atoms with Gasteiger partial charge in [-0.2, -0.15) is 9.78 Å². The molecule has 0 spiro atoms. The molecule has 1 saturated carbocycles. The second-order valence-electron chi connectivity index (χ2n) is 7.91. The van der Waals surface area contributed by atoms with Gasteiger partial charge in [0.05, 0.1) is 11.8 Å². The maximum atomic E-state index is 12.6. The van der Waals surface area contributed by atoms with Gasteiger partial charge in [0.25, 0.3) is 5.91 Å². The Morgan fingerprint density at radius 1 is 1.30 bits per heavy atom. The van der Waals surface area contributed by atoms with Gasteiger partial charge in [-0.05, 0) is 57.2 Å². The first-order chi connectivity index (χ1) is 14.3. The smallest absolute Gasteiger partial charge is 0.344 e. The van der Waals surface area contributed by atoms with Crippen LogP contribution < -0.4 is 5.73 Å². The number of carbonyl (C=O) groups is 2. The van der Waals surface area contributed by atoms with Crippen molar-refractivity contribution < 1.29 is 9.59 Å². The molecule has 2 unspecified atom stereocenters. The number of halogens is 1. The fourth-order valence-electron chi connectivity index (χ4n) is 4.35. The molecule has 0 radical (unpaired) electrons. The summed E-state index contributed by atoms with van der Waals surface area (Å²) in [6.07, 6.45) is 8.76. The van der Waals surface area contributed by atoms with Crippen molar-refractivity contribution in [1.82, 2.24) is 19.6 Å². The van der Waals surface area contributed by atoms with E-state index in [1.165, 1.54) is 22.6 Å². The van der Waals surface area contributed by atoms with Crippen molar-refractivity contribution in [2.75, 3.05) is 26.7 Å². The SMILES string of the molecule is C/C=C\C(Cl)=C(/C)CN(C)C1CC2CN(C(=O)n3cc(C(N)=O)cn3)CC2C1.CC. The first-order valence-electron chi connectivity index (χ1n) is 10.6. The van der Waals surface area contributed by atoms with Gasteiger partial charge >= 0.3 is 6.03 Å². The molecular formula is C22H34ClN5O2. The van der Waals surface area contributed by atoms with E-state index in [0.29, 0.717) is 17.9 Å². The summed E-state index contributed by atoms with van der Waals surface area (Å²) in [5, 5.41) is 4.78. The lowest BCUT2D eigenvalue weighted by Crippen LogP contribution is -2.36. The zero-order chi connectivity index (χ0) is 22.4. The van der Waals surface area contributed by atoms with Crippen molar-refractivity contribution in [3.05, 3.63) is 40.7 Å². The lowest BCUT2D eigenvalue weighted by molar-refractivity contribution is 0.100. The highest BCUT2D eigenvalue weighted by atomic mass is 35.5. The molecule has 2 fully saturated rings. The molecule has 7 nitrogen and oxygen atoms in total. The van der Waals surface area contributed by atoms with E-state index in [-0.39, 0.29) is 11.6 Å². The molecular weight excluding hydrogens is 402 g/mol. The van der Waals surface area contributed by atoms with Crippen molar-refractivity contribution in [2.45, 2.75) is 46.6 Å². The standard InChI is InChI=1S/C20H28ClN5O2.C2H6/c1-4-5-18(21)13(2)9-24(3)17-6-14-10-25(11-15(14)7-17)20(28)26-12-16(8-23-26)19(22)27;1-2/h4-5,8,12,14-15,17H,6-7,9-11H2,1-3H3,(H2,22,27);1-2H3/b5-4-,18-13-;. The predicted molar refractivity (Wildman–Crippen MR) is 120 cm³/mol. The van der Waals surface area contributed by atoms with Crippen LogP contribution >= 0.6 is 11.6 Å². The van der Waals surface area contributed by atoms with Crippen LogP contribution in [0.1, 0.15) is 50.9 Å². The Labute approximate surface area is 184 Å². The second-order valence-corrected chi connectivity index (χ2v) is 8.32. The highest BCUT2D eigenvalue weighted by Crippen LogP contribution is 2.40. The molecule has 1 aromatic rings. The molecule has 2 atom stereocenters. The lowest BCUT2D eigenvalue weighted by atomic mass is 10.0. The summed E-state index contributed by atoms with van der Waals surface area (Å²) in [6.45, 7) is 10.3. The summed E-state index contributed by atoms with van der Waals surface area (Å²) >= 11 is 6.30. The first-order valence-corrected chi connectivity index (χ1v) is 11.0. The van der Waals surface area contributed by atoms with Gasteiger partial charge in [-0.25, -0.2) is 4.79 Å². The number of fused-ring (bicyclic) bond motifs is 1. The van der Waals surface area contributed by atoms with Crippen LogP contribution in [0, 0.1) is 11.8 Å². The summed E-state index contributed by atoms with van der Waals surface area (Å²) in [5.74, 6) is 0.415. The van der Waals surface area contributed by atoms with Gasteiger partial charge in [-0.3, -0.25) is 9.69 Å². The van der Waals surface area contributed by atoms with Gasteiger partial charge in [0.1, 0.15) is 0 Å². The van der Waals surface area contributed by atoms with Crippen molar-refractivity contribution in [3.63, 3.8) is 0 Å². The number of likely N-dealkylation sites (N-methyl/N-ethyl adjacent to an activating group) is 1. The molecule has 0 aromatic carbocycles. The van der Waals surface area contributed by atoms with E-state index in [2.05, 4.69) is 24.0 Å². The fourth-order valence-corrected chi connectivity index (χ4v) is 4.54. The Balaban J connectivity index is 0.00000155. The molecule has 2 N–H and O–H groups in total. The molecule has 1 aliphatic carbocycles. The normalized spacial score (nSPS) is 24.0. The van der Waals surface area contributed by atoms with Crippen LogP contribution in [0.4, 0.5) is 4.79 Å². The third-order valence-electron chi connectivity index (χ3n) is 5.89. The summed E-state index contributed by atoms with van der Waals surface area (Å²) in [7, 11) is 2.15. The minimum Gasteiger partial charge on any atom is -0.366 e. The maximum Gasteiger partial charge on any atom is 0.344 e. The average molecular weight is 436 g/mol. The minimum atomic E-state index is -0.581. The Morgan fingerprint density at radius 2 is 1.90 bits per heavy atom. The van der Waals surface area contributed by atoms with E-state index >= 15 is 0 Å². The first kappa shape index (κ1) is 24.2. The van der Waals surface area contributed by atoms with Crippen LogP contribution in [0.2, 0.25) is 0 Å². The zero-order valence-corrected chi connectivity index (χ0v) is 19.4. The molecule has 166 valence electrons. The van der Waals surface area contributed by atoms with Crippen molar-refractivity contribution >= 4 is 23.5 Å². The largest absolute Gasteiger partial charge is 0.366 e. The Bertz CT molecular complexity index is 802. The number of primary amides is 1. The van der Waals surface area contributed by atoms with E-state index < -0.39 is 5.91 Å². The molecule has 2 heterocycles. The molecule has 2 aliphatic rings. The van der Waals surface area contributed by atoms with E-state index in [4.69, 9.17) is 17.3 Å². The quantitative estimate of drug-likeness (QED) is 0.714. The van der Waals surface area contributed by atoms with E-state index in [9.17, 15) is 9.59 Å². The van der Waals surface area contributed by atoms with Crippen molar-refractivity contribution in [3.8, 4) is 0 Å². The molecule has 1 aromatic heterocycles. The lowest BCUT2D eigenvalue weighted by Gasteiger charge is -2.27. The molecule has 1 saturated heterocycles. The fraction of sp³-hybridized carbons (Fsp3) is 0.591. The van der Waals surface area contributed by atoms with Gasteiger partial charge in [-0.1, -0.05) is 31.5 Å². The van der Waals surface area contributed by atoms with Crippen LogP contribution in [0.15, 0.2) is 35.2 Å². The maximum absolute atomic E-state index is 12.6. The van der Waals surface area contributed by atoms with Crippen LogP contribution in [0.25, 0.3) is 0 Å². The Hall–Kier alpha value is -2.12. The molecule has 0 bridgehead atoms. The molecule has 30 heavy (non-hydrogen) atoms. The van der Waals surface area contributed by atoms with Crippen LogP contribution in [-0.4, -0.2) is 64.2 Å². The van der Waals surface area contributed by atoms with Crippen molar-refractivity contribution in [1.29, 1.82) is 0 Å². The summed E-state index contributed by atoms with van der Waals surface area (Å²) in [4.78, 5) is 28.0. The molecule has 2 amide bonds. The third-order valence-corrected chi connectivity index (χ3v) is 6.34. The van der Waals surface area contributed by atoms with Gasteiger partial charge in [0.15, 0.2) is 0 Å². The minimum absolute atomic E-state index is 0.191. The van der Waals surface area contributed by atoms with E-state index in [1.807, 2.05) is 37.8 Å². The molecule has 1 aliphatic heterocycles. The number of allylic oxidation sites excluding steroid dienone is 3. The number of carbonyl (C=O) groups excluding carboxylic acids is 2. The molecule has 8 heteroatoms. The number of amides is 2. The number of nitrogens with two attached hydrogens (primary N) is 1. The van der Waals surface area contributed by atoms with E-state index in [0.717, 1.165) is 37.5 Å². The zero-order valence-electron chi connectivity index (χ0n) is 18.6. The molecule has 3 rings (SSSR count). The van der Waals surface area contributed by atoms with Crippen molar-refractivity contribution in [2.24, 2.45) is 17.6 Å². The second kappa shape index (κ2) is 10.8. The van der Waals surface area contributed by atoms with Gasteiger partial charge in [-0.15, -0.1) is 0 Å². The van der Waals surface area contributed by atoms with Crippen LogP contribution in [-0.2, 0) is 0 Å². The Morgan fingerprint density at radius 3 is 2.40 bits per heavy atom. The number of nitrogens with zero attached hydrogens (tertiary/aromatic N) is 4. The van der Waals surface area contributed by atoms with Crippen LogP contribution in [0.3, 0.4) is 0 Å². The number of rotatable bonds is 5. The summed E-state index contributed by atoms with van der Waals surface area (Å²) < 4.78 is 1.21. The number of hydrogen-bond donors (Lipinski definition) is 1. The highest BCUT2D eigenvalue weighted by Gasteiger charge is 2.43.